The Balaban J connectivity index is 1.25. The van der Waals surface area contributed by atoms with Crippen LogP contribution in [0.4, 0.5) is 10.5 Å². The topological polar surface area (TPSA) is 211 Å². The Kier molecular flexibility index (Phi) is 11.3. The number of rotatable bonds is 11. The molecule has 15 heteroatoms. The maximum absolute atomic E-state index is 13.7. The van der Waals surface area contributed by atoms with Gasteiger partial charge in [0, 0.05) is 30.1 Å². The molecule has 1 aliphatic carbocycles. The molecule has 0 bridgehead atoms. The third kappa shape index (κ3) is 10.2. The number of aromatic nitrogens is 4. The van der Waals surface area contributed by atoms with Gasteiger partial charge in [-0.1, -0.05) is 36.4 Å². The second kappa shape index (κ2) is 15.6. The van der Waals surface area contributed by atoms with Gasteiger partial charge in [-0.25, -0.2) is 23.4 Å². The molecule has 50 heavy (non-hydrogen) atoms. The number of nitrogens with one attached hydrogen (secondary N) is 4. The molecule has 1 aromatic heterocycles. The van der Waals surface area contributed by atoms with Crippen molar-refractivity contribution in [2.24, 2.45) is 17.0 Å². The Hall–Kier alpha value is -5.15. The average molecular weight is 703 g/mol. The van der Waals surface area contributed by atoms with Crippen molar-refractivity contribution in [3.8, 4) is 22.5 Å². The van der Waals surface area contributed by atoms with Gasteiger partial charge in [0.2, 0.25) is 21.8 Å². The summed E-state index contributed by atoms with van der Waals surface area (Å²) >= 11 is 0. The molecule has 0 spiro atoms. The predicted molar refractivity (Wildman–Crippen MR) is 187 cm³/mol. The molecule has 1 fully saturated rings. The molecule has 3 aromatic carbocycles. The largest absolute Gasteiger partial charge is 0.444 e. The van der Waals surface area contributed by atoms with Crippen LogP contribution >= 0.6 is 0 Å². The van der Waals surface area contributed by atoms with Crippen LogP contribution in [0.15, 0.2) is 77.7 Å². The zero-order valence-electron chi connectivity index (χ0n) is 28.2. The third-order valence-electron chi connectivity index (χ3n) is 8.45. The smallest absolute Gasteiger partial charge is 0.407 e. The quantitative estimate of drug-likeness (QED) is 0.152. The van der Waals surface area contributed by atoms with E-state index >= 15 is 0 Å². The Morgan fingerprint density at radius 1 is 0.940 bits per heavy atom. The highest BCUT2D eigenvalue weighted by Crippen LogP contribution is 2.29. The van der Waals surface area contributed by atoms with Crippen molar-refractivity contribution >= 4 is 33.6 Å². The molecule has 1 aliphatic rings. The van der Waals surface area contributed by atoms with E-state index in [1.165, 1.54) is 12.1 Å². The zero-order chi connectivity index (χ0) is 35.9. The number of hydrogen-bond acceptors (Lipinski definition) is 9. The highest BCUT2D eigenvalue weighted by Gasteiger charge is 2.30. The number of carbonyl (C=O) groups excluding carboxylic acids is 3. The standard InChI is InChI=1S/C35H42N8O6S/c1-35(2,3)49-34(46)37-21-23-9-13-26(14-10-23)32(44)39-30(33(45)38-28-17-15-25(16-18-28)31-40-42-43-41-31)19-22-7-11-24(12-8-22)27-5-4-6-29(20-27)50(36,47)48/h4-8,11-12,15-18,20,23,26,30H,9-10,13-14,19,21H2,1-3H3,(H,37,46)(H,38,45)(H,39,44)(H2,36,47,48)(H,40,41,42,43)/t23-,26-,30-/m0/s1. The number of anilines is 1. The van der Waals surface area contributed by atoms with E-state index in [9.17, 15) is 22.8 Å². The number of H-pyrrole nitrogens is 1. The van der Waals surface area contributed by atoms with Crippen molar-refractivity contribution in [1.82, 2.24) is 31.3 Å². The fraction of sp³-hybridized carbons (Fsp3) is 0.371. The van der Waals surface area contributed by atoms with E-state index in [0.29, 0.717) is 36.5 Å². The summed E-state index contributed by atoms with van der Waals surface area (Å²) in [5, 5.41) is 27.8. The van der Waals surface area contributed by atoms with E-state index in [2.05, 4.69) is 36.6 Å². The van der Waals surface area contributed by atoms with Crippen LogP contribution in [0, 0.1) is 11.8 Å². The number of alkyl carbamates (subject to hydrolysis) is 1. The van der Waals surface area contributed by atoms with Crippen LogP contribution in [0.3, 0.4) is 0 Å². The van der Waals surface area contributed by atoms with Gasteiger partial charge in [-0.05, 0) is 116 Å². The van der Waals surface area contributed by atoms with Crippen molar-refractivity contribution in [3.63, 3.8) is 0 Å². The number of sulfonamides is 1. The van der Waals surface area contributed by atoms with Gasteiger partial charge in [0.1, 0.15) is 11.6 Å². The number of aromatic amines is 1. The summed E-state index contributed by atoms with van der Waals surface area (Å²) in [6.45, 7) is 5.91. The molecule has 6 N–H and O–H groups in total. The van der Waals surface area contributed by atoms with Crippen LogP contribution in [-0.2, 0) is 30.8 Å². The minimum atomic E-state index is -3.86. The first kappa shape index (κ1) is 36.1. The Morgan fingerprint density at radius 2 is 1.62 bits per heavy atom. The number of hydrogen-bond donors (Lipinski definition) is 5. The van der Waals surface area contributed by atoms with Crippen LogP contribution in [0.2, 0.25) is 0 Å². The lowest BCUT2D eigenvalue weighted by Gasteiger charge is -2.29. The van der Waals surface area contributed by atoms with E-state index in [4.69, 9.17) is 9.88 Å². The molecule has 3 amide bonds. The van der Waals surface area contributed by atoms with Gasteiger partial charge >= 0.3 is 6.09 Å². The minimum Gasteiger partial charge on any atom is -0.444 e. The van der Waals surface area contributed by atoms with Crippen LogP contribution in [0.1, 0.15) is 52.0 Å². The van der Waals surface area contributed by atoms with Gasteiger partial charge < -0.3 is 20.7 Å². The molecular weight excluding hydrogens is 661 g/mol. The van der Waals surface area contributed by atoms with E-state index in [1.54, 1.807) is 36.4 Å². The summed E-state index contributed by atoms with van der Waals surface area (Å²) in [4.78, 5) is 39.3. The number of benzene rings is 3. The average Bonchev–Trinajstić information content (AvgIpc) is 3.62. The first-order valence-electron chi connectivity index (χ1n) is 16.4. The molecule has 4 aromatic rings. The Labute approximate surface area is 291 Å². The molecule has 1 atom stereocenters. The number of ether oxygens (including phenoxy) is 1. The SMILES string of the molecule is CC(C)(C)OC(=O)NC[C@H]1CC[C@H](C(=O)N[C@@H](Cc2ccc(-c3cccc(S(N)(=O)=O)c3)cc2)C(=O)Nc2ccc(-c3nnn[nH]3)cc2)CC1. The minimum absolute atomic E-state index is 0.0115. The van der Waals surface area contributed by atoms with E-state index < -0.39 is 27.8 Å². The number of nitrogens with two attached hydrogens (primary N) is 1. The molecule has 264 valence electrons. The summed E-state index contributed by atoms with van der Waals surface area (Å²) in [7, 11) is -3.86. The highest BCUT2D eigenvalue weighted by molar-refractivity contribution is 7.89. The fourth-order valence-electron chi connectivity index (χ4n) is 5.81. The molecule has 1 heterocycles. The normalized spacial score (nSPS) is 17.0. The van der Waals surface area contributed by atoms with Gasteiger partial charge in [0.25, 0.3) is 0 Å². The summed E-state index contributed by atoms with van der Waals surface area (Å²) in [5.41, 5.74) is 2.93. The van der Waals surface area contributed by atoms with Crippen LogP contribution in [0.5, 0.6) is 0 Å². The summed E-state index contributed by atoms with van der Waals surface area (Å²) in [6.07, 6.45) is 2.53. The number of primary sulfonamides is 1. The summed E-state index contributed by atoms with van der Waals surface area (Å²) in [6, 6.07) is 19.8. The fourth-order valence-corrected chi connectivity index (χ4v) is 6.37. The summed E-state index contributed by atoms with van der Waals surface area (Å²) < 4.78 is 29.0. The number of amides is 3. The maximum Gasteiger partial charge on any atom is 0.407 e. The molecule has 1 saturated carbocycles. The van der Waals surface area contributed by atoms with Crippen molar-refractivity contribution in [2.75, 3.05) is 11.9 Å². The second-order valence-corrected chi connectivity index (χ2v) is 15.0. The van der Waals surface area contributed by atoms with Gasteiger partial charge in [-0.2, -0.15) is 0 Å². The molecule has 5 rings (SSSR count). The predicted octanol–water partition coefficient (Wildman–Crippen LogP) is 4.18. The van der Waals surface area contributed by atoms with Gasteiger partial charge in [-0.15, -0.1) is 5.10 Å². The van der Waals surface area contributed by atoms with Crippen LogP contribution in [0.25, 0.3) is 22.5 Å². The van der Waals surface area contributed by atoms with Gasteiger partial charge in [0.15, 0.2) is 5.82 Å². The lowest BCUT2D eigenvalue weighted by atomic mass is 9.81. The van der Waals surface area contributed by atoms with Crippen molar-refractivity contribution in [3.05, 3.63) is 78.4 Å². The summed E-state index contributed by atoms with van der Waals surface area (Å²) in [5.74, 6) is -0.138. The molecule has 0 aliphatic heterocycles. The van der Waals surface area contributed by atoms with Crippen molar-refractivity contribution in [1.29, 1.82) is 0 Å². The monoisotopic (exact) mass is 702 g/mol. The molecule has 0 unspecified atom stereocenters. The lowest BCUT2D eigenvalue weighted by Crippen LogP contribution is -2.48. The van der Waals surface area contributed by atoms with E-state index in [0.717, 1.165) is 29.5 Å². The van der Waals surface area contributed by atoms with Gasteiger partial charge in [0.05, 0.1) is 4.90 Å². The molecule has 0 radical (unpaired) electrons. The Bertz CT molecular complexity index is 1880. The van der Waals surface area contributed by atoms with Crippen LogP contribution in [-0.4, -0.2) is 65.1 Å². The van der Waals surface area contributed by atoms with Crippen LogP contribution < -0.4 is 21.1 Å². The second-order valence-electron chi connectivity index (χ2n) is 13.5. The maximum atomic E-state index is 13.7. The third-order valence-corrected chi connectivity index (χ3v) is 9.36. The lowest BCUT2D eigenvalue weighted by molar-refractivity contribution is -0.130. The highest BCUT2D eigenvalue weighted by atomic mass is 32.2. The first-order chi connectivity index (χ1) is 23.7. The molecular formula is C35H42N8O6S. The molecule has 0 saturated heterocycles. The van der Waals surface area contributed by atoms with Crippen molar-refractivity contribution in [2.45, 2.75) is 69.4 Å². The number of carbonyl (C=O) groups is 3. The van der Waals surface area contributed by atoms with E-state index in [-0.39, 0.29) is 35.0 Å². The zero-order valence-corrected chi connectivity index (χ0v) is 29.0. The Morgan fingerprint density at radius 3 is 2.24 bits per heavy atom. The molecule has 14 nitrogen and oxygen atoms in total. The number of tetrazole rings is 1. The van der Waals surface area contributed by atoms with Crippen molar-refractivity contribution < 1.29 is 27.5 Å². The first-order valence-corrected chi connectivity index (χ1v) is 17.9. The number of nitrogens with zero attached hydrogens (tertiary/aromatic N) is 3. The van der Waals surface area contributed by atoms with Gasteiger partial charge in [-0.3, -0.25) is 9.59 Å². The van der Waals surface area contributed by atoms with E-state index in [1.807, 2.05) is 45.0 Å².